The van der Waals surface area contributed by atoms with Gasteiger partial charge in [-0.25, -0.2) is 4.98 Å². The molecular formula is C15H20N8O. The number of hydrogen-bond acceptors (Lipinski definition) is 6. The number of aromatic nitrogens is 7. The summed E-state index contributed by atoms with van der Waals surface area (Å²) in [5, 5.41) is 15.9. The van der Waals surface area contributed by atoms with Gasteiger partial charge in [-0.15, -0.1) is 5.10 Å². The second-order valence-corrected chi connectivity index (χ2v) is 6.05. The summed E-state index contributed by atoms with van der Waals surface area (Å²) in [6.45, 7) is 4.33. The lowest BCUT2D eigenvalue weighted by Gasteiger charge is -2.29. The van der Waals surface area contributed by atoms with Crippen molar-refractivity contribution in [2.45, 2.75) is 13.0 Å². The lowest BCUT2D eigenvalue weighted by Crippen LogP contribution is -2.36. The van der Waals surface area contributed by atoms with Crippen LogP contribution in [0.4, 0.5) is 0 Å². The maximum absolute atomic E-state index is 5.96. The van der Waals surface area contributed by atoms with Crippen molar-refractivity contribution in [1.29, 1.82) is 0 Å². The Labute approximate surface area is 139 Å². The van der Waals surface area contributed by atoms with E-state index in [-0.39, 0.29) is 6.10 Å². The fourth-order valence-corrected chi connectivity index (χ4v) is 2.90. The van der Waals surface area contributed by atoms with Crippen molar-refractivity contribution in [3.63, 3.8) is 0 Å². The van der Waals surface area contributed by atoms with E-state index in [2.05, 4.69) is 27.2 Å². The zero-order valence-electron chi connectivity index (χ0n) is 14.0. The first kappa shape index (κ1) is 15.0. The molecule has 4 rings (SSSR count). The van der Waals surface area contributed by atoms with E-state index < -0.39 is 0 Å². The molecule has 0 bridgehead atoms. The van der Waals surface area contributed by atoms with Crippen LogP contribution in [0.1, 0.15) is 17.6 Å². The molecule has 126 valence electrons. The fourth-order valence-electron chi connectivity index (χ4n) is 2.90. The van der Waals surface area contributed by atoms with Crippen molar-refractivity contribution in [1.82, 2.24) is 39.6 Å². The number of H-pyrrole nitrogens is 1. The number of aryl methyl sites for hydroxylation is 2. The highest BCUT2D eigenvalue weighted by Crippen LogP contribution is 2.26. The van der Waals surface area contributed by atoms with Gasteiger partial charge in [0.15, 0.2) is 17.5 Å². The molecule has 9 nitrogen and oxygen atoms in total. The highest BCUT2D eigenvalue weighted by atomic mass is 16.5. The lowest BCUT2D eigenvalue weighted by molar-refractivity contribution is -0.0265. The minimum atomic E-state index is -0.132. The second kappa shape index (κ2) is 5.84. The topological polar surface area (TPSA) is 89.7 Å². The maximum Gasteiger partial charge on any atom is 0.185 e. The van der Waals surface area contributed by atoms with Gasteiger partial charge in [-0.2, -0.15) is 14.9 Å². The number of ether oxygens (including phenoxy) is 1. The number of likely N-dealkylation sites (N-methyl/N-ethyl adjacent to an activating group) is 1. The van der Waals surface area contributed by atoms with E-state index in [0.29, 0.717) is 12.4 Å². The Kier molecular flexibility index (Phi) is 3.66. The number of hydrogen-bond donors (Lipinski definition) is 1. The average Bonchev–Trinajstić information content (AvgIpc) is 3.26. The Morgan fingerprint density at radius 2 is 2.21 bits per heavy atom. The van der Waals surface area contributed by atoms with Gasteiger partial charge in [-0.3, -0.25) is 9.78 Å². The van der Waals surface area contributed by atoms with E-state index in [1.165, 1.54) is 0 Å². The van der Waals surface area contributed by atoms with E-state index in [1.807, 2.05) is 24.7 Å². The van der Waals surface area contributed by atoms with Crippen molar-refractivity contribution < 1.29 is 4.74 Å². The molecule has 0 spiro atoms. The molecule has 9 heteroatoms. The van der Waals surface area contributed by atoms with Gasteiger partial charge < -0.3 is 9.64 Å². The van der Waals surface area contributed by atoms with Gasteiger partial charge in [-0.05, 0) is 14.0 Å². The van der Waals surface area contributed by atoms with Crippen LogP contribution in [0.15, 0.2) is 18.5 Å². The number of aromatic amines is 1. The predicted octanol–water partition coefficient (Wildman–Crippen LogP) is 0.702. The molecule has 1 unspecified atom stereocenters. The average molecular weight is 328 g/mol. The van der Waals surface area contributed by atoms with E-state index in [0.717, 1.165) is 36.0 Å². The monoisotopic (exact) mass is 328 g/mol. The smallest absolute Gasteiger partial charge is 0.185 e. The number of nitrogens with zero attached hydrogens (tertiary/aromatic N) is 7. The summed E-state index contributed by atoms with van der Waals surface area (Å²) in [4.78, 5) is 7.00. The molecule has 0 aliphatic carbocycles. The standard InChI is InChI=1S/C15H20N8O/c1-10-11(8-16-19-10)14-18-15(12-9-21(2)6-7-24-12)23(20-14)13-4-5-17-22(13)3/h4-5,8,12H,6-7,9H2,1-3H3,(H,16,19). The first-order chi connectivity index (χ1) is 11.6. The SMILES string of the molecule is Cc1[nH]ncc1-c1nc(C2CN(C)CCO2)n(-c2ccnn2C)n1. The van der Waals surface area contributed by atoms with Crippen LogP contribution < -0.4 is 0 Å². The van der Waals surface area contributed by atoms with Gasteiger partial charge in [0.1, 0.15) is 6.10 Å². The summed E-state index contributed by atoms with van der Waals surface area (Å²) < 4.78 is 9.55. The van der Waals surface area contributed by atoms with Crippen LogP contribution in [0.5, 0.6) is 0 Å². The molecule has 3 aromatic rings. The number of rotatable bonds is 3. The zero-order chi connectivity index (χ0) is 16.7. The molecule has 24 heavy (non-hydrogen) atoms. The number of nitrogens with one attached hydrogen (secondary N) is 1. The minimum absolute atomic E-state index is 0.132. The third kappa shape index (κ3) is 2.51. The van der Waals surface area contributed by atoms with Crippen LogP contribution >= 0.6 is 0 Å². The Morgan fingerprint density at radius 1 is 1.33 bits per heavy atom. The molecule has 1 fully saturated rings. The lowest BCUT2D eigenvalue weighted by atomic mass is 10.2. The van der Waals surface area contributed by atoms with E-state index >= 15 is 0 Å². The zero-order valence-corrected chi connectivity index (χ0v) is 14.0. The van der Waals surface area contributed by atoms with Crippen molar-refractivity contribution in [3.8, 4) is 17.2 Å². The van der Waals surface area contributed by atoms with Crippen LogP contribution in [0.2, 0.25) is 0 Å². The van der Waals surface area contributed by atoms with Crippen LogP contribution in [-0.4, -0.2) is 66.4 Å². The van der Waals surface area contributed by atoms with Gasteiger partial charge in [-0.1, -0.05) is 0 Å². The Morgan fingerprint density at radius 3 is 2.88 bits per heavy atom. The third-order valence-corrected chi connectivity index (χ3v) is 4.27. The summed E-state index contributed by atoms with van der Waals surface area (Å²) in [5.74, 6) is 2.26. The molecular weight excluding hydrogens is 308 g/mol. The summed E-state index contributed by atoms with van der Waals surface area (Å²) in [7, 11) is 3.97. The van der Waals surface area contributed by atoms with E-state index in [9.17, 15) is 0 Å². The van der Waals surface area contributed by atoms with Crippen molar-refractivity contribution in [2.75, 3.05) is 26.7 Å². The predicted molar refractivity (Wildman–Crippen MR) is 86.6 cm³/mol. The summed E-state index contributed by atoms with van der Waals surface area (Å²) in [5.41, 5.74) is 1.83. The van der Waals surface area contributed by atoms with Gasteiger partial charge in [0.05, 0.1) is 24.6 Å². The van der Waals surface area contributed by atoms with Gasteiger partial charge >= 0.3 is 0 Å². The highest BCUT2D eigenvalue weighted by molar-refractivity contribution is 5.56. The molecule has 4 heterocycles. The van der Waals surface area contributed by atoms with Crippen molar-refractivity contribution in [3.05, 3.63) is 30.0 Å². The van der Waals surface area contributed by atoms with E-state index in [1.54, 1.807) is 17.1 Å². The maximum atomic E-state index is 5.96. The summed E-state index contributed by atoms with van der Waals surface area (Å²) >= 11 is 0. The van der Waals surface area contributed by atoms with Crippen LogP contribution in [0.3, 0.4) is 0 Å². The molecule has 1 N–H and O–H groups in total. The first-order valence-corrected chi connectivity index (χ1v) is 7.89. The second-order valence-electron chi connectivity index (χ2n) is 6.05. The van der Waals surface area contributed by atoms with Crippen molar-refractivity contribution in [2.24, 2.45) is 7.05 Å². The molecule has 0 amide bonds. The molecule has 1 aliphatic rings. The highest BCUT2D eigenvalue weighted by Gasteiger charge is 2.28. The molecule has 0 radical (unpaired) electrons. The quantitative estimate of drug-likeness (QED) is 0.761. The largest absolute Gasteiger partial charge is 0.368 e. The molecule has 1 saturated heterocycles. The van der Waals surface area contributed by atoms with E-state index in [4.69, 9.17) is 14.8 Å². The summed E-state index contributed by atoms with van der Waals surface area (Å²) in [6, 6.07) is 1.91. The van der Waals surface area contributed by atoms with Gasteiger partial charge in [0.25, 0.3) is 0 Å². The van der Waals surface area contributed by atoms with Crippen molar-refractivity contribution >= 4 is 0 Å². The van der Waals surface area contributed by atoms with Gasteiger partial charge in [0, 0.05) is 31.9 Å². The Hall–Kier alpha value is -2.52. The number of morpholine rings is 1. The van der Waals surface area contributed by atoms with Crippen LogP contribution in [0.25, 0.3) is 17.2 Å². The summed E-state index contributed by atoms with van der Waals surface area (Å²) in [6.07, 6.45) is 3.36. The van der Waals surface area contributed by atoms with Crippen LogP contribution in [0, 0.1) is 6.92 Å². The fraction of sp³-hybridized carbons (Fsp3) is 0.467. The molecule has 0 saturated carbocycles. The van der Waals surface area contributed by atoms with Crippen LogP contribution in [-0.2, 0) is 11.8 Å². The van der Waals surface area contributed by atoms with Gasteiger partial charge in [0.2, 0.25) is 0 Å². The normalized spacial score (nSPS) is 19.0. The molecule has 1 aliphatic heterocycles. The molecule has 0 aromatic carbocycles. The first-order valence-electron chi connectivity index (χ1n) is 7.89. The minimum Gasteiger partial charge on any atom is -0.368 e. The molecule has 3 aromatic heterocycles. The third-order valence-electron chi connectivity index (χ3n) is 4.27. The Bertz CT molecular complexity index is 847. The Balaban J connectivity index is 1.83. The molecule has 1 atom stereocenters.